The van der Waals surface area contributed by atoms with Gasteiger partial charge in [-0.2, -0.15) is 4.98 Å². The highest BCUT2D eigenvalue weighted by Gasteiger charge is 2.30. The molecule has 1 aromatic heterocycles. The number of hydrogen-bond donors (Lipinski definition) is 1. The maximum atomic E-state index is 10.4. The predicted molar refractivity (Wildman–Crippen MR) is 61.9 cm³/mol. The second kappa shape index (κ2) is 5.50. The Kier molecular flexibility index (Phi) is 4.53. The van der Waals surface area contributed by atoms with Gasteiger partial charge in [-0.3, -0.25) is 4.79 Å². The zero-order chi connectivity index (χ0) is 13.1. The molecule has 17 heavy (non-hydrogen) atoms. The van der Waals surface area contributed by atoms with Gasteiger partial charge in [0.05, 0.1) is 0 Å². The van der Waals surface area contributed by atoms with E-state index in [0.717, 1.165) is 11.8 Å². The van der Waals surface area contributed by atoms with Crippen LogP contribution in [0.4, 0.5) is 0 Å². The molecule has 96 valence electrons. The van der Waals surface area contributed by atoms with Crippen molar-refractivity contribution in [2.45, 2.75) is 32.1 Å². The molecule has 0 aromatic carbocycles. The van der Waals surface area contributed by atoms with Crippen molar-refractivity contribution >= 4 is 17.7 Å². The van der Waals surface area contributed by atoms with Gasteiger partial charge in [0.15, 0.2) is 0 Å². The van der Waals surface area contributed by atoms with E-state index in [9.17, 15) is 4.79 Å². The van der Waals surface area contributed by atoms with Crippen molar-refractivity contribution < 1.29 is 19.2 Å². The van der Waals surface area contributed by atoms with Crippen LogP contribution >= 0.6 is 11.8 Å². The number of carboxylic acid groups (broad SMARTS) is 1. The maximum Gasteiger partial charge on any atom is 0.314 e. The topological polar surface area (TPSA) is 85.5 Å². The third-order valence-corrected chi connectivity index (χ3v) is 2.80. The molecule has 0 saturated carbocycles. The van der Waals surface area contributed by atoms with Crippen molar-refractivity contribution in [3.8, 4) is 0 Å². The lowest BCUT2D eigenvalue weighted by Crippen LogP contribution is -2.21. The molecule has 0 amide bonds. The summed E-state index contributed by atoms with van der Waals surface area (Å²) in [6.07, 6.45) is -0.287. The second-order valence-electron chi connectivity index (χ2n) is 4.58. The van der Waals surface area contributed by atoms with Gasteiger partial charge < -0.3 is 14.4 Å². The van der Waals surface area contributed by atoms with Gasteiger partial charge in [0.1, 0.15) is 11.9 Å². The minimum absolute atomic E-state index is 0.102. The van der Waals surface area contributed by atoms with Gasteiger partial charge in [0, 0.05) is 7.11 Å². The first-order chi connectivity index (χ1) is 7.84. The molecular formula is C10H16N2O4S. The summed E-state index contributed by atoms with van der Waals surface area (Å²) < 4.78 is 10.3. The number of thioether (sulfide) groups is 1. The number of methoxy groups -OCH3 is 1. The first-order valence-electron chi connectivity index (χ1n) is 5.05. The molecule has 0 fully saturated rings. The van der Waals surface area contributed by atoms with E-state index < -0.39 is 5.97 Å². The summed E-state index contributed by atoms with van der Waals surface area (Å²) in [5, 5.41) is 12.6. The quantitative estimate of drug-likeness (QED) is 0.810. The van der Waals surface area contributed by atoms with E-state index in [4.69, 9.17) is 14.4 Å². The van der Waals surface area contributed by atoms with E-state index in [2.05, 4.69) is 10.1 Å². The zero-order valence-electron chi connectivity index (χ0n) is 10.3. The normalized spacial score (nSPS) is 13.6. The maximum absolute atomic E-state index is 10.4. The Bertz CT molecular complexity index is 386. The Morgan fingerprint density at radius 2 is 2.24 bits per heavy atom. The van der Waals surface area contributed by atoms with Crippen molar-refractivity contribution in [1.29, 1.82) is 0 Å². The Balaban J connectivity index is 2.75. The van der Waals surface area contributed by atoms with Crippen LogP contribution in [0.15, 0.2) is 9.75 Å². The summed E-state index contributed by atoms with van der Waals surface area (Å²) in [6.45, 7) is 6.00. The Morgan fingerprint density at radius 3 is 2.71 bits per heavy atom. The third-order valence-electron chi connectivity index (χ3n) is 2.00. The summed E-state index contributed by atoms with van der Waals surface area (Å²) >= 11 is 0.993. The minimum Gasteiger partial charge on any atom is -0.481 e. The van der Waals surface area contributed by atoms with E-state index in [-0.39, 0.29) is 22.5 Å². The van der Waals surface area contributed by atoms with Crippen molar-refractivity contribution in [3.05, 3.63) is 5.82 Å². The number of rotatable bonds is 5. The predicted octanol–water partition coefficient (Wildman–Crippen LogP) is 1.98. The number of carbonyl (C=O) groups is 1. The molecule has 1 heterocycles. The number of aliphatic carboxylic acids is 1. The van der Waals surface area contributed by atoms with Crippen molar-refractivity contribution in [3.63, 3.8) is 0 Å². The van der Waals surface area contributed by atoms with E-state index in [0.29, 0.717) is 5.82 Å². The molecule has 0 saturated heterocycles. The third kappa shape index (κ3) is 4.01. The van der Waals surface area contributed by atoms with Gasteiger partial charge >= 0.3 is 5.97 Å². The summed E-state index contributed by atoms with van der Waals surface area (Å²) in [4.78, 5) is 14.5. The van der Waals surface area contributed by atoms with Crippen LogP contribution in [0.3, 0.4) is 0 Å². The molecule has 1 atom stereocenters. The lowest BCUT2D eigenvalue weighted by atomic mass is 9.88. The van der Waals surface area contributed by atoms with E-state index in [1.165, 1.54) is 0 Å². The smallest absolute Gasteiger partial charge is 0.314 e. The van der Waals surface area contributed by atoms with Crippen LogP contribution < -0.4 is 0 Å². The summed E-state index contributed by atoms with van der Waals surface area (Å²) in [7, 11) is 1.58. The lowest BCUT2D eigenvalue weighted by Gasteiger charge is -2.26. The van der Waals surface area contributed by atoms with Gasteiger partial charge in [0.2, 0.25) is 5.82 Å². The average Bonchev–Trinajstić information content (AvgIpc) is 2.62. The second-order valence-corrected chi connectivity index (χ2v) is 5.51. The average molecular weight is 260 g/mol. The Morgan fingerprint density at radius 1 is 1.59 bits per heavy atom. The highest BCUT2D eigenvalue weighted by Crippen LogP contribution is 2.34. The number of carboxylic acids is 1. The fourth-order valence-corrected chi connectivity index (χ4v) is 1.85. The highest BCUT2D eigenvalue weighted by molar-refractivity contribution is 7.99. The largest absolute Gasteiger partial charge is 0.481 e. The molecule has 0 radical (unpaired) electrons. The van der Waals surface area contributed by atoms with E-state index in [1.807, 2.05) is 20.8 Å². The Labute approximate surface area is 104 Å². The molecule has 7 heteroatoms. The van der Waals surface area contributed by atoms with Crippen LogP contribution in [-0.4, -0.2) is 34.1 Å². The molecule has 1 N–H and O–H groups in total. The van der Waals surface area contributed by atoms with Crippen LogP contribution in [0.25, 0.3) is 0 Å². The fraction of sp³-hybridized carbons (Fsp3) is 0.700. The summed E-state index contributed by atoms with van der Waals surface area (Å²) in [6, 6.07) is 0. The summed E-state index contributed by atoms with van der Waals surface area (Å²) in [5.41, 5.74) is -0.159. The first-order valence-corrected chi connectivity index (χ1v) is 6.04. The molecule has 0 aliphatic carbocycles. The zero-order valence-corrected chi connectivity index (χ0v) is 11.1. The molecule has 0 aliphatic heterocycles. The highest BCUT2D eigenvalue weighted by atomic mass is 32.2. The molecule has 0 aliphatic rings. The summed E-state index contributed by atoms with van der Waals surface area (Å²) in [5.74, 6) is -0.587. The SMILES string of the molecule is COC(c1noc(SCC(=O)O)n1)C(C)(C)C. The van der Waals surface area contributed by atoms with Crippen molar-refractivity contribution in [1.82, 2.24) is 10.1 Å². The number of ether oxygens (including phenoxy) is 1. The first kappa shape index (κ1) is 14.0. The van der Waals surface area contributed by atoms with Gasteiger partial charge in [-0.25, -0.2) is 0 Å². The molecular weight excluding hydrogens is 244 g/mol. The molecule has 6 nitrogen and oxygen atoms in total. The monoisotopic (exact) mass is 260 g/mol. The molecule has 0 spiro atoms. The molecule has 1 unspecified atom stereocenters. The van der Waals surface area contributed by atoms with E-state index in [1.54, 1.807) is 7.11 Å². The Hall–Kier alpha value is -1.08. The number of nitrogens with zero attached hydrogens (tertiary/aromatic N) is 2. The fourth-order valence-electron chi connectivity index (χ4n) is 1.36. The number of aromatic nitrogens is 2. The van der Waals surface area contributed by atoms with Gasteiger partial charge in [0.25, 0.3) is 5.22 Å². The molecule has 1 rings (SSSR count). The van der Waals surface area contributed by atoms with Crippen LogP contribution in [0, 0.1) is 5.41 Å². The molecule has 1 aromatic rings. The number of hydrogen-bond acceptors (Lipinski definition) is 6. The van der Waals surface area contributed by atoms with Gasteiger partial charge in [-0.1, -0.05) is 37.7 Å². The van der Waals surface area contributed by atoms with Crippen molar-refractivity contribution in [2.24, 2.45) is 5.41 Å². The van der Waals surface area contributed by atoms with Gasteiger partial charge in [-0.15, -0.1) is 0 Å². The van der Waals surface area contributed by atoms with Crippen LogP contribution in [0.5, 0.6) is 0 Å². The minimum atomic E-state index is -0.922. The van der Waals surface area contributed by atoms with Crippen LogP contribution in [-0.2, 0) is 9.53 Å². The molecule has 0 bridgehead atoms. The van der Waals surface area contributed by atoms with Crippen molar-refractivity contribution in [2.75, 3.05) is 12.9 Å². The standard InChI is InChI=1S/C10H16N2O4S/c1-10(2,3)7(15-4)8-11-9(16-12-8)17-5-6(13)14/h7H,5H2,1-4H3,(H,13,14). The van der Waals surface area contributed by atoms with Gasteiger partial charge in [-0.05, 0) is 5.41 Å². The van der Waals surface area contributed by atoms with E-state index >= 15 is 0 Å². The van der Waals surface area contributed by atoms with Crippen LogP contribution in [0.1, 0.15) is 32.7 Å². The lowest BCUT2D eigenvalue weighted by molar-refractivity contribution is -0.133. The van der Waals surface area contributed by atoms with Crippen LogP contribution in [0.2, 0.25) is 0 Å².